The number of anilines is 11. The molecular weight excluding hydrogens is 815 g/mol. The van der Waals surface area contributed by atoms with E-state index in [-0.39, 0.29) is 6.04 Å². The summed E-state index contributed by atoms with van der Waals surface area (Å²) in [6, 6.07) is 85.3. The number of para-hydroxylation sites is 5. The Morgan fingerprint density at radius 3 is 1.06 bits per heavy atom. The predicted molar refractivity (Wildman–Crippen MR) is 284 cm³/mol. The molecule has 0 aliphatic heterocycles. The zero-order valence-corrected chi connectivity index (χ0v) is 37.6. The fourth-order valence-electron chi connectivity index (χ4n) is 9.74. The standard InChI is InChI=1S/C62H51N5/c1-2-63-61-43-41-57(66(51-29-17-7-18-30-51)55-37-33-53(34-38-55)64(47-21-9-3-10-22-47)48-23-11-4-12-24-48)45-59(61)60-46-58(42-44-62(60)63)67(52-31-19-8-20-32-52)56-39-35-54(36-40-56)65(49-25-13-5-14-26-49)50-27-15-6-16-28-50/h3-31,33-46,52H,2,32H2,1H3. The molecule has 1 aromatic heterocycles. The van der Waals surface area contributed by atoms with Gasteiger partial charge < -0.3 is 24.2 Å². The lowest BCUT2D eigenvalue weighted by atomic mass is 10.0. The van der Waals surface area contributed by atoms with Gasteiger partial charge in [-0.2, -0.15) is 0 Å². The Kier molecular flexibility index (Phi) is 11.4. The number of rotatable bonds is 13. The van der Waals surface area contributed by atoms with Crippen molar-refractivity contribution in [2.45, 2.75) is 25.9 Å². The van der Waals surface area contributed by atoms with Crippen LogP contribution in [0.5, 0.6) is 0 Å². The van der Waals surface area contributed by atoms with Gasteiger partial charge in [-0.05, 0) is 159 Å². The molecule has 0 amide bonds. The van der Waals surface area contributed by atoms with E-state index in [0.717, 1.165) is 75.5 Å². The van der Waals surface area contributed by atoms with Crippen molar-refractivity contribution in [3.63, 3.8) is 0 Å². The van der Waals surface area contributed by atoms with Crippen molar-refractivity contribution >= 4 is 84.4 Å². The van der Waals surface area contributed by atoms with E-state index in [1.54, 1.807) is 0 Å². The summed E-state index contributed by atoms with van der Waals surface area (Å²) >= 11 is 0. The maximum atomic E-state index is 2.50. The average molecular weight is 866 g/mol. The van der Waals surface area contributed by atoms with Crippen molar-refractivity contribution in [1.82, 2.24) is 4.57 Å². The van der Waals surface area contributed by atoms with Crippen LogP contribution in [0.2, 0.25) is 0 Å². The summed E-state index contributed by atoms with van der Waals surface area (Å²) in [5.74, 6) is 0. The molecule has 11 rings (SSSR count). The first kappa shape index (κ1) is 41.2. The monoisotopic (exact) mass is 865 g/mol. The Morgan fingerprint density at radius 2 is 0.687 bits per heavy atom. The van der Waals surface area contributed by atoms with Crippen LogP contribution in [-0.4, -0.2) is 10.6 Å². The van der Waals surface area contributed by atoms with Crippen LogP contribution < -0.4 is 19.6 Å². The second-order valence-corrected chi connectivity index (χ2v) is 16.9. The molecule has 1 heterocycles. The molecule has 0 radical (unpaired) electrons. The molecule has 1 aliphatic rings. The Hall–Kier alpha value is -8.54. The van der Waals surface area contributed by atoms with E-state index in [1.165, 1.54) is 21.8 Å². The van der Waals surface area contributed by atoms with E-state index in [1.807, 2.05) is 0 Å². The number of benzene rings is 9. The van der Waals surface area contributed by atoms with Crippen molar-refractivity contribution in [2.75, 3.05) is 19.6 Å². The molecule has 9 aromatic carbocycles. The second-order valence-electron chi connectivity index (χ2n) is 16.9. The Morgan fingerprint density at radius 1 is 0.358 bits per heavy atom. The summed E-state index contributed by atoms with van der Waals surface area (Å²) in [6.07, 6.45) is 9.85. The first-order chi connectivity index (χ1) is 33.2. The maximum Gasteiger partial charge on any atom is 0.0559 e. The third kappa shape index (κ3) is 8.13. The molecule has 0 spiro atoms. The highest BCUT2D eigenvalue weighted by Crippen LogP contribution is 2.43. The van der Waals surface area contributed by atoms with Crippen molar-refractivity contribution in [3.05, 3.63) is 261 Å². The molecule has 5 nitrogen and oxygen atoms in total. The fraction of sp³-hybridized carbons (Fsp3) is 0.0645. The Balaban J connectivity index is 1.00. The summed E-state index contributed by atoms with van der Waals surface area (Å²) in [7, 11) is 0. The molecule has 67 heavy (non-hydrogen) atoms. The molecule has 324 valence electrons. The fourth-order valence-corrected chi connectivity index (χ4v) is 9.74. The van der Waals surface area contributed by atoms with Crippen LogP contribution >= 0.6 is 0 Å². The SMILES string of the molecule is CCn1c2ccc(N(c3ccccc3)c3ccc(N(c4ccccc4)c4ccccc4)cc3)cc2c2cc(N(c3ccc(N(c4ccccc4)c4ccccc4)cc3)C3C=CC=CC3)ccc21. The second kappa shape index (κ2) is 18.5. The summed E-state index contributed by atoms with van der Waals surface area (Å²) < 4.78 is 2.45. The van der Waals surface area contributed by atoms with Crippen molar-refractivity contribution in [2.24, 2.45) is 0 Å². The predicted octanol–water partition coefficient (Wildman–Crippen LogP) is 17.2. The lowest BCUT2D eigenvalue weighted by Gasteiger charge is -2.33. The number of hydrogen-bond acceptors (Lipinski definition) is 4. The molecule has 0 N–H and O–H groups in total. The number of fused-ring (bicyclic) bond motifs is 3. The van der Waals surface area contributed by atoms with Crippen LogP contribution in [0.1, 0.15) is 13.3 Å². The van der Waals surface area contributed by atoms with Gasteiger partial charge in [0.2, 0.25) is 0 Å². The van der Waals surface area contributed by atoms with E-state index in [9.17, 15) is 0 Å². The van der Waals surface area contributed by atoms with Gasteiger partial charge in [0, 0.05) is 90.9 Å². The molecule has 1 unspecified atom stereocenters. The van der Waals surface area contributed by atoms with Crippen molar-refractivity contribution in [3.8, 4) is 0 Å². The van der Waals surface area contributed by atoms with E-state index in [4.69, 9.17) is 0 Å². The van der Waals surface area contributed by atoms with Crippen LogP contribution in [0.25, 0.3) is 21.8 Å². The topological polar surface area (TPSA) is 17.9 Å². The lowest BCUT2D eigenvalue weighted by Crippen LogP contribution is -2.29. The molecule has 0 saturated carbocycles. The minimum Gasteiger partial charge on any atom is -0.341 e. The number of aromatic nitrogens is 1. The first-order valence-corrected chi connectivity index (χ1v) is 23.3. The van der Waals surface area contributed by atoms with Gasteiger partial charge >= 0.3 is 0 Å². The van der Waals surface area contributed by atoms with Gasteiger partial charge in [-0.3, -0.25) is 0 Å². The molecule has 0 saturated heterocycles. The quantitative estimate of drug-likeness (QED) is 0.115. The molecule has 5 heteroatoms. The van der Waals surface area contributed by atoms with Crippen molar-refractivity contribution < 1.29 is 0 Å². The summed E-state index contributed by atoms with van der Waals surface area (Å²) in [4.78, 5) is 9.50. The minimum absolute atomic E-state index is 0.152. The number of hydrogen-bond donors (Lipinski definition) is 0. The average Bonchev–Trinajstić information content (AvgIpc) is 3.72. The van der Waals surface area contributed by atoms with E-state index >= 15 is 0 Å². The largest absolute Gasteiger partial charge is 0.341 e. The highest BCUT2D eigenvalue weighted by Gasteiger charge is 2.23. The third-order valence-electron chi connectivity index (χ3n) is 12.8. The van der Waals surface area contributed by atoms with E-state index in [0.29, 0.717) is 0 Å². The van der Waals surface area contributed by atoms with Gasteiger partial charge in [-0.1, -0.05) is 115 Å². The highest BCUT2D eigenvalue weighted by atomic mass is 15.2. The lowest BCUT2D eigenvalue weighted by molar-refractivity contribution is 0.785. The number of allylic oxidation sites excluding steroid dienone is 2. The molecule has 0 bridgehead atoms. The molecular formula is C62H51N5. The zero-order valence-electron chi connectivity index (χ0n) is 37.6. The summed E-state index contributed by atoms with van der Waals surface area (Å²) in [6.45, 7) is 3.11. The Bertz CT molecular complexity index is 3210. The summed E-state index contributed by atoms with van der Waals surface area (Å²) in [5.41, 5.74) is 14.7. The number of aryl methyl sites for hydroxylation is 1. The van der Waals surface area contributed by atoms with Crippen molar-refractivity contribution in [1.29, 1.82) is 0 Å². The first-order valence-electron chi connectivity index (χ1n) is 23.3. The van der Waals surface area contributed by atoms with Crippen LogP contribution in [0, 0.1) is 0 Å². The van der Waals surface area contributed by atoms with Crippen LogP contribution in [0.15, 0.2) is 261 Å². The van der Waals surface area contributed by atoms with Crippen LogP contribution in [-0.2, 0) is 6.54 Å². The zero-order chi connectivity index (χ0) is 44.9. The van der Waals surface area contributed by atoms with E-state index in [2.05, 4.69) is 292 Å². The third-order valence-corrected chi connectivity index (χ3v) is 12.8. The van der Waals surface area contributed by atoms with E-state index < -0.39 is 0 Å². The highest BCUT2D eigenvalue weighted by molar-refractivity contribution is 6.11. The molecule has 1 atom stereocenters. The molecule has 10 aromatic rings. The van der Waals surface area contributed by atoms with Gasteiger partial charge in [0.1, 0.15) is 0 Å². The normalized spacial score (nSPS) is 13.2. The summed E-state index contributed by atoms with van der Waals surface area (Å²) in [5, 5.41) is 2.46. The van der Waals surface area contributed by atoms with Crippen LogP contribution in [0.3, 0.4) is 0 Å². The van der Waals surface area contributed by atoms with Gasteiger partial charge in [-0.25, -0.2) is 0 Å². The minimum atomic E-state index is 0.152. The number of nitrogens with zero attached hydrogens (tertiary/aromatic N) is 5. The van der Waals surface area contributed by atoms with Gasteiger partial charge in [-0.15, -0.1) is 0 Å². The Labute approximate surface area is 393 Å². The molecule has 1 aliphatic carbocycles. The molecule has 0 fully saturated rings. The smallest absolute Gasteiger partial charge is 0.0559 e. The van der Waals surface area contributed by atoms with Gasteiger partial charge in [0.25, 0.3) is 0 Å². The van der Waals surface area contributed by atoms with Crippen LogP contribution in [0.4, 0.5) is 62.6 Å². The van der Waals surface area contributed by atoms with Gasteiger partial charge in [0.15, 0.2) is 0 Å². The van der Waals surface area contributed by atoms with Gasteiger partial charge in [0.05, 0.1) is 6.04 Å². The maximum absolute atomic E-state index is 2.50.